The zero-order chi connectivity index (χ0) is 31.8. The van der Waals surface area contributed by atoms with Crippen molar-refractivity contribution >= 4 is 5.71 Å². The molecule has 240 valence electrons. The van der Waals surface area contributed by atoms with Gasteiger partial charge in [-0.2, -0.15) is 26.3 Å². The van der Waals surface area contributed by atoms with Crippen molar-refractivity contribution < 1.29 is 45.5 Å². The van der Waals surface area contributed by atoms with Gasteiger partial charge < -0.3 is 24.1 Å². The predicted octanol–water partition coefficient (Wildman–Crippen LogP) is 6.46. The highest BCUT2D eigenvalue weighted by atomic mass is 19.4. The van der Waals surface area contributed by atoms with Gasteiger partial charge in [0.1, 0.15) is 12.9 Å². The summed E-state index contributed by atoms with van der Waals surface area (Å²) in [6, 6.07) is 11.3. The van der Waals surface area contributed by atoms with E-state index in [1.54, 1.807) is 13.0 Å². The van der Waals surface area contributed by atoms with Crippen molar-refractivity contribution in [2.24, 2.45) is 16.5 Å². The minimum absolute atomic E-state index is 0.188. The maximum Gasteiger partial charge on any atom is 0.413 e. The lowest BCUT2D eigenvalue weighted by Gasteiger charge is -2.39. The van der Waals surface area contributed by atoms with E-state index in [-0.39, 0.29) is 12.2 Å². The number of benzene rings is 1. The van der Waals surface area contributed by atoms with Crippen LogP contribution in [0.2, 0.25) is 0 Å². The van der Waals surface area contributed by atoms with Crippen LogP contribution in [0.4, 0.5) is 26.3 Å². The first-order chi connectivity index (χ1) is 20.8. The molecule has 0 radical (unpaired) electrons. The Hall–Kier alpha value is -3.16. The monoisotopic (exact) mass is 627 g/mol. The molecule has 0 bridgehead atoms. The summed E-state index contributed by atoms with van der Waals surface area (Å²) in [5.74, 6) is -1.64. The van der Waals surface area contributed by atoms with Gasteiger partial charge in [0.05, 0.1) is 41.6 Å². The number of aryl methyl sites for hydroxylation is 1. The number of nitrogens with zero attached hydrogens (tertiary/aromatic N) is 3. The van der Waals surface area contributed by atoms with Crippen LogP contribution in [-0.4, -0.2) is 73.2 Å². The van der Waals surface area contributed by atoms with Crippen LogP contribution in [0.15, 0.2) is 69.4 Å². The molecule has 5 rings (SSSR count). The van der Waals surface area contributed by atoms with Gasteiger partial charge in [0.15, 0.2) is 0 Å². The molecule has 1 saturated carbocycles. The number of fused-ring (bicyclic) bond motifs is 1. The summed E-state index contributed by atoms with van der Waals surface area (Å²) in [6.07, 6.45) is -7.10. The summed E-state index contributed by atoms with van der Waals surface area (Å²) in [5.41, 5.74) is -2.94. The van der Waals surface area contributed by atoms with Gasteiger partial charge in [-0.1, -0.05) is 46.7 Å². The van der Waals surface area contributed by atoms with Crippen LogP contribution in [0.3, 0.4) is 0 Å². The number of hydrogen-bond acceptors (Lipinski definition) is 7. The van der Waals surface area contributed by atoms with Crippen LogP contribution in [-0.2, 0) is 15.2 Å². The summed E-state index contributed by atoms with van der Waals surface area (Å²) in [4.78, 5) is 7.25. The normalized spacial score (nSPS) is 24.8. The number of piperidine rings is 1. The van der Waals surface area contributed by atoms with E-state index in [0.717, 1.165) is 17.7 Å². The van der Waals surface area contributed by atoms with E-state index in [4.69, 9.17) is 14.1 Å². The Morgan fingerprint density at radius 1 is 1.16 bits per heavy atom. The first kappa shape index (κ1) is 32.2. The quantitative estimate of drug-likeness (QED) is 0.175. The third-order valence-corrected chi connectivity index (χ3v) is 8.87. The number of ether oxygens (including phenoxy) is 1. The molecule has 44 heavy (non-hydrogen) atoms. The number of oxime groups is 1. The molecule has 2 aromatic rings. The molecule has 1 aromatic carbocycles. The number of aliphatic hydroxyl groups is 1. The molecule has 3 aliphatic rings. The fraction of sp³-hybridized carbons (Fsp3) is 0.548. The molecule has 7 nitrogen and oxygen atoms in total. The van der Waals surface area contributed by atoms with Gasteiger partial charge in [-0.3, -0.25) is 0 Å². The zero-order valence-corrected chi connectivity index (χ0v) is 24.4. The van der Waals surface area contributed by atoms with Crippen LogP contribution in [0.1, 0.15) is 48.6 Å². The molecular weight excluding hydrogens is 592 g/mol. The van der Waals surface area contributed by atoms with Crippen LogP contribution >= 0.6 is 0 Å². The van der Waals surface area contributed by atoms with Crippen molar-refractivity contribution in [1.29, 1.82) is 0 Å². The minimum atomic E-state index is -4.87. The molecule has 2 aliphatic carbocycles. The Morgan fingerprint density at radius 3 is 2.45 bits per heavy atom. The van der Waals surface area contributed by atoms with Gasteiger partial charge in [0.25, 0.3) is 0 Å². The van der Waals surface area contributed by atoms with Gasteiger partial charge in [-0.05, 0) is 56.4 Å². The fourth-order valence-corrected chi connectivity index (χ4v) is 6.35. The Kier molecular flexibility index (Phi) is 9.03. The largest absolute Gasteiger partial charge is 0.413 e. The van der Waals surface area contributed by atoms with Gasteiger partial charge in [0.2, 0.25) is 0 Å². The Bertz CT molecular complexity index is 1390. The second-order valence-corrected chi connectivity index (χ2v) is 11.8. The third-order valence-electron chi connectivity index (χ3n) is 8.87. The van der Waals surface area contributed by atoms with E-state index in [1.165, 1.54) is 7.11 Å². The fourth-order valence-electron chi connectivity index (χ4n) is 6.35. The van der Waals surface area contributed by atoms with E-state index < -0.39 is 53.8 Å². The lowest BCUT2D eigenvalue weighted by Crippen LogP contribution is -2.43. The highest BCUT2D eigenvalue weighted by Gasteiger charge is 2.73. The van der Waals surface area contributed by atoms with Crippen molar-refractivity contribution in [3.8, 4) is 0 Å². The van der Waals surface area contributed by atoms with Crippen molar-refractivity contribution in [2.75, 3.05) is 40.0 Å². The summed E-state index contributed by atoms with van der Waals surface area (Å²) < 4.78 is 93.3. The first-order valence-corrected chi connectivity index (χ1v) is 14.4. The predicted molar refractivity (Wildman–Crippen MR) is 149 cm³/mol. The Labute approximate surface area is 251 Å². The number of likely N-dealkylation sites (tertiary alicyclic amines) is 1. The smallest absolute Gasteiger partial charge is 0.399 e. The zero-order valence-electron chi connectivity index (χ0n) is 24.4. The topological polar surface area (TPSA) is 80.3 Å². The Balaban J connectivity index is 1.26. The number of alkyl halides is 6. The number of allylic oxidation sites excluding steroid dienone is 2. The standard InChI is InChI=1S/C31H35F6N3O4/c1-20-14-27(44-38-20)23(8-11-40-12-9-29(41,10-13-40)22-6-4-3-5-7-22)26(39-42-2)19-43-18-21-15-24(30(32,33)34)25-17-28(25,16-21)31(35,36)37/h3-7,14-16,23,25,41H,8-13,17-19H2,1-2H3/b39-26+. The molecular formula is C31H35F6N3O4. The lowest BCUT2D eigenvalue weighted by atomic mass is 9.84. The average molecular weight is 628 g/mol. The molecule has 3 atom stereocenters. The van der Waals surface area contributed by atoms with Crippen molar-refractivity contribution in [3.63, 3.8) is 0 Å². The highest BCUT2D eigenvalue weighted by Crippen LogP contribution is 2.69. The summed E-state index contributed by atoms with van der Waals surface area (Å²) >= 11 is 0. The van der Waals surface area contributed by atoms with Crippen molar-refractivity contribution in [2.45, 2.75) is 56.5 Å². The van der Waals surface area contributed by atoms with E-state index in [9.17, 15) is 31.4 Å². The van der Waals surface area contributed by atoms with E-state index in [1.807, 2.05) is 30.3 Å². The number of rotatable bonds is 11. The second kappa shape index (κ2) is 12.3. The number of aromatic nitrogens is 1. The second-order valence-electron chi connectivity index (χ2n) is 11.8. The van der Waals surface area contributed by atoms with Gasteiger partial charge in [-0.25, -0.2) is 0 Å². The summed E-state index contributed by atoms with van der Waals surface area (Å²) in [7, 11) is 1.33. The van der Waals surface area contributed by atoms with Gasteiger partial charge >= 0.3 is 12.4 Å². The molecule has 1 saturated heterocycles. The molecule has 1 N–H and O–H groups in total. The van der Waals surface area contributed by atoms with Gasteiger partial charge in [0, 0.05) is 30.6 Å². The summed E-state index contributed by atoms with van der Waals surface area (Å²) in [5, 5.41) is 19.3. The molecule has 2 heterocycles. The van der Waals surface area contributed by atoms with Crippen LogP contribution in [0, 0.1) is 18.3 Å². The molecule has 3 unspecified atom stereocenters. The van der Waals surface area contributed by atoms with Crippen LogP contribution < -0.4 is 0 Å². The average Bonchev–Trinajstić information content (AvgIpc) is 3.59. The van der Waals surface area contributed by atoms with Crippen LogP contribution in [0.25, 0.3) is 0 Å². The molecule has 1 aliphatic heterocycles. The van der Waals surface area contributed by atoms with E-state index in [2.05, 4.69) is 15.2 Å². The van der Waals surface area contributed by atoms with Crippen LogP contribution in [0.5, 0.6) is 0 Å². The molecule has 0 spiro atoms. The van der Waals surface area contributed by atoms with Crippen molar-refractivity contribution in [3.05, 3.63) is 76.7 Å². The molecule has 1 aromatic heterocycles. The lowest BCUT2D eigenvalue weighted by molar-refractivity contribution is -0.178. The molecule has 2 fully saturated rings. The maximum absolute atomic E-state index is 13.8. The van der Waals surface area contributed by atoms with Gasteiger partial charge in [-0.15, -0.1) is 0 Å². The molecule has 13 heteroatoms. The number of hydrogen-bond donors (Lipinski definition) is 1. The van der Waals surface area contributed by atoms with E-state index >= 15 is 0 Å². The third kappa shape index (κ3) is 6.74. The van der Waals surface area contributed by atoms with E-state index in [0.29, 0.717) is 56.1 Å². The highest BCUT2D eigenvalue weighted by molar-refractivity contribution is 5.91. The number of halogens is 6. The maximum atomic E-state index is 13.8. The summed E-state index contributed by atoms with van der Waals surface area (Å²) in [6.45, 7) is 2.94. The van der Waals surface area contributed by atoms with Crippen molar-refractivity contribution in [1.82, 2.24) is 10.1 Å². The first-order valence-electron chi connectivity index (χ1n) is 14.4. The molecule has 0 amide bonds. The Morgan fingerprint density at radius 2 is 1.86 bits per heavy atom. The SMILES string of the molecule is CO/N=C(\COCC1=CC2(C(F)(F)F)CC2C(C(F)(F)F)=C1)C(CCN1CCC(O)(c2ccccc2)CC1)c1cc(C)no1. The minimum Gasteiger partial charge on any atom is -0.399 e.